The van der Waals surface area contributed by atoms with E-state index >= 15 is 0 Å². The predicted molar refractivity (Wildman–Crippen MR) is 104 cm³/mol. The van der Waals surface area contributed by atoms with Crippen LogP contribution in [0.4, 0.5) is 5.69 Å². The minimum atomic E-state index is -0.355. The van der Waals surface area contributed by atoms with Crippen molar-refractivity contribution in [1.29, 1.82) is 0 Å². The van der Waals surface area contributed by atoms with Crippen LogP contribution >= 0.6 is 11.6 Å². The van der Waals surface area contributed by atoms with Gasteiger partial charge >= 0.3 is 5.97 Å². The molecule has 142 valence electrons. The van der Waals surface area contributed by atoms with Gasteiger partial charge in [-0.15, -0.1) is 0 Å². The summed E-state index contributed by atoms with van der Waals surface area (Å²) in [6, 6.07) is 13.5. The third kappa shape index (κ3) is 6.00. The summed E-state index contributed by atoms with van der Waals surface area (Å²) in [5.41, 5.74) is 1.15. The highest BCUT2D eigenvalue weighted by Crippen LogP contribution is 2.21. The third-order valence-corrected chi connectivity index (χ3v) is 4.68. The first-order valence-corrected chi connectivity index (χ1v) is 9.47. The van der Waals surface area contributed by atoms with Gasteiger partial charge < -0.3 is 14.8 Å². The zero-order valence-corrected chi connectivity index (χ0v) is 15.7. The van der Waals surface area contributed by atoms with E-state index in [9.17, 15) is 9.59 Å². The summed E-state index contributed by atoms with van der Waals surface area (Å²) in [5, 5.41) is 3.40. The van der Waals surface area contributed by atoms with Gasteiger partial charge in [-0.05, 0) is 74.2 Å². The summed E-state index contributed by atoms with van der Waals surface area (Å²) >= 11 is 5.83. The molecule has 1 N–H and O–H groups in total. The van der Waals surface area contributed by atoms with Gasteiger partial charge in [0.2, 0.25) is 0 Å². The zero-order chi connectivity index (χ0) is 19.1. The van der Waals surface area contributed by atoms with Gasteiger partial charge in [0.05, 0.1) is 0 Å². The van der Waals surface area contributed by atoms with Gasteiger partial charge in [0.25, 0.3) is 5.91 Å². The highest BCUT2D eigenvalue weighted by molar-refractivity contribution is 6.30. The Bertz CT molecular complexity index is 768. The molecule has 0 saturated heterocycles. The molecule has 0 radical (unpaired) electrons. The summed E-state index contributed by atoms with van der Waals surface area (Å²) < 4.78 is 10.9. The zero-order valence-electron chi connectivity index (χ0n) is 14.9. The van der Waals surface area contributed by atoms with Crippen LogP contribution in [-0.2, 0) is 9.53 Å². The molecule has 1 fully saturated rings. The predicted octanol–water partition coefficient (Wildman–Crippen LogP) is 4.85. The quantitative estimate of drug-likeness (QED) is 0.720. The normalized spacial score (nSPS) is 14.4. The average Bonchev–Trinajstić information content (AvgIpc) is 2.69. The molecule has 0 aromatic heterocycles. The Kier molecular flexibility index (Phi) is 6.71. The molecule has 5 nitrogen and oxygen atoms in total. The molecular weight excluding hydrogens is 366 g/mol. The molecule has 1 aliphatic rings. The molecule has 2 aromatic rings. The summed E-state index contributed by atoms with van der Waals surface area (Å²) in [4.78, 5) is 24.1. The van der Waals surface area contributed by atoms with Crippen molar-refractivity contribution in [3.63, 3.8) is 0 Å². The molecule has 3 rings (SSSR count). The molecule has 1 aliphatic carbocycles. The molecule has 2 aromatic carbocycles. The SMILES string of the molecule is O=C(COc1ccc(C(=O)Nc2ccc(Cl)cc2)cc1)OC1CCCCC1. The molecule has 0 spiro atoms. The molecule has 0 atom stereocenters. The fourth-order valence-electron chi connectivity index (χ4n) is 2.98. The summed E-state index contributed by atoms with van der Waals surface area (Å²) in [6.07, 6.45) is 5.32. The van der Waals surface area contributed by atoms with Crippen LogP contribution in [0.5, 0.6) is 5.75 Å². The third-order valence-electron chi connectivity index (χ3n) is 4.43. The number of carbonyl (C=O) groups is 2. The fourth-order valence-corrected chi connectivity index (χ4v) is 3.11. The largest absolute Gasteiger partial charge is 0.482 e. The van der Waals surface area contributed by atoms with Crippen molar-refractivity contribution in [1.82, 2.24) is 0 Å². The van der Waals surface area contributed by atoms with E-state index in [-0.39, 0.29) is 24.6 Å². The van der Waals surface area contributed by atoms with Crippen molar-refractivity contribution >= 4 is 29.2 Å². The maximum Gasteiger partial charge on any atom is 0.344 e. The minimum absolute atomic E-state index is 0.0220. The number of esters is 1. The number of amides is 1. The van der Waals surface area contributed by atoms with Crippen molar-refractivity contribution in [3.8, 4) is 5.75 Å². The summed E-state index contributed by atoms with van der Waals surface area (Å²) in [7, 11) is 0. The number of halogens is 1. The topological polar surface area (TPSA) is 64.6 Å². The second-order valence-corrected chi connectivity index (χ2v) is 6.96. The molecule has 0 heterocycles. The van der Waals surface area contributed by atoms with Crippen LogP contribution in [0.1, 0.15) is 42.5 Å². The van der Waals surface area contributed by atoms with Crippen molar-refractivity contribution in [2.75, 3.05) is 11.9 Å². The average molecular weight is 388 g/mol. The lowest BCUT2D eigenvalue weighted by molar-refractivity contribution is -0.152. The van der Waals surface area contributed by atoms with Gasteiger partial charge in [-0.3, -0.25) is 4.79 Å². The Hall–Kier alpha value is -2.53. The first-order valence-electron chi connectivity index (χ1n) is 9.09. The summed E-state index contributed by atoms with van der Waals surface area (Å²) in [5.74, 6) is -0.0781. The van der Waals surface area contributed by atoms with E-state index in [1.807, 2.05) is 0 Å². The highest BCUT2D eigenvalue weighted by Gasteiger charge is 2.18. The van der Waals surface area contributed by atoms with Crippen molar-refractivity contribution in [3.05, 3.63) is 59.1 Å². The Balaban J connectivity index is 1.47. The van der Waals surface area contributed by atoms with Crippen LogP contribution in [0.15, 0.2) is 48.5 Å². The molecule has 0 aliphatic heterocycles. The molecular formula is C21H22ClNO4. The molecule has 27 heavy (non-hydrogen) atoms. The second-order valence-electron chi connectivity index (χ2n) is 6.52. The van der Waals surface area contributed by atoms with Crippen LogP contribution in [-0.4, -0.2) is 24.6 Å². The number of ether oxygens (including phenoxy) is 2. The van der Waals surface area contributed by atoms with Crippen LogP contribution in [0.25, 0.3) is 0 Å². The monoisotopic (exact) mass is 387 g/mol. The van der Waals surface area contributed by atoms with Gasteiger partial charge in [0, 0.05) is 16.3 Å². The van der Waals surface area contributed by atoms with E-state index in [4.69, 9.17) is 21.1 Å². The fraction of sp³-hybridized carbons (Fsp3) is 0.333. The van der Waals surface area contributed by atoms with Crippen LogP contribution in [0.2, 0.25) is 5.02 Å². The molecule has 0 unspecified atom stereocenters. The lowest BCUT2D eigenvalue weighted by Crippen LogP contribution is -2.24. The van der Waals surface area contributed by atoms with E-state index in [1.54, 1.807) is 48.5 Å². The van der Waals surface area contributed by atoms with Gasteiger partial charge in [-0.1, -0.05) is 18.0 Å². The Morgan fingerprint density at radius 1 is 0.963 bits per heavy atom. The van der Waals surface area contributed by atoms with E-state index in [1.165, 1.54) is 6.42 Å². The number of hydrogen-bond donors (Lipinski definition) is 1. The van der Waals surface area contributed by atoms with Gasteiger partial charge in [0.1, 0.15) is 11.9 Å². The van der Waals surface area contributed by atoms with Gasteiger partial charge in [-0.2, -0.15) is 0 Å². The molecule has 6 heteroatoms. The Morgan fingerprint density at radius 3 is 2.30 bits per heavy atom. The van der Waals surface area contributed by atoms with Crippen molar-refractivity contribution < 1.29 is 19.1 Å². The van der Waals surface area contributed by atoms with E-state index in [0.29, 0.717) is 22.0 Å². The number of rotatable bonds is 6. The molecule has 1 saturated carbocycles. The van der Waals surface area contributed by atoms with Gasteiger partial charge in [0.15, 0.2) is 6.61 Å². The van der Waals surface area contributed by atoms with E-state index < -0.39 is 0 Å². The van der Waals surface area contributed by atoms with Crippen LogP contribution in [0.3, 0.4) is 0 Å². The van der Waals surface area contributed by atoms with E-state index in [0.717, 1.165) is 25.7 Å². The summed E-state index contributed by atoms with van der Waals surface area (Å²) in [6.45, 7) is -0.132. The smallest absolute Gasteiger partial charge is 0.344 e. The Morgan fingerprint density at radius 2 is 1.63 bits per heavy atom. The van der Waals surface area contributed by atoms with E-state index in [2.05, 4.69) is 5.32 Å². The van der Waals surface area contributed by atoms with Crippen LogP contribution in [0, 0.1) is 0 Å². The van der Waals surface area contributed by atoms with Crippen LogP contribution < -0.4 is 10.1 Å². The number of hydrogen-bond acceptors (Lipinski definition) is 4. The number of anilines is 1. The number of carbonyl (C=O) groups excluding carboxylic acids is 2. The lowest BCUT2D eigenvalue weighted by atomic mass is 9.98. The number of benzene rings is 2. The first kappa shape index (κ1) is 19.2. The molecule has 1 amide bonds. The van der Waals surface area contributed by atoms with Crippen molar-refractivity contribution in [2.24, 2.45) is 0 Å². The van der Waals surface area contributed by atoms with Gasteiger partial charge in [-0.25, -0.2) is 4.79 Å². The maximum absolute atomic E-state index is 12.2. The molecule has 0 bridgehead atoms. The number of nitrogens with one attached hydrogen (secondary N) is 1. The standard InChI is InChI=1S/C21H22ClNO4/c22-16-8-10-17(11-9-16)23-21(25)15-6-12-18(13-7-15)26-14-20(24)27-19-4-2-1-3-5-19/h6-13,19H,1-5,14H2,(H,23,25). The Labute approximate surface area is 163 Å². The lowest BCUT2D eigenvalue weighted by Gasteiger charge is -2.21. The maximum atomic E-state index is 12.2. The highest BCUT2D eigenvalue weighted by atomic mass is 35.5. The first-order chi connectivity index (χ1) is 13.1. The van der Waals surface area contributed by atoms with Crippen molar-refractivity contribution in [2.45, 2.75) is 38.2 Å². The second kappa shape index (κ2) is 9.42. The minimum Gasteiger partial charge on any atom is -0.482 e.